The van der Waals surface area contributed by atoms with Crippen molar-refractivity contribution in [2.45, 2.75) is 18.2 Å². The Morgan fingerprint density at radius 2 is 1.55 bits per heavy atom. The summed E-state index contributed by atoms with van der Waals surface area (Å²) in [5, 5.41) is 0. The van der Waals surface area contributed by atoms with Gasteiger partial charge in [-0.25, -0.2) is 8.78 Å². The third-order valence-corrected chi connectivity index (χ3v) is 3.49. The van der Waals surface area contributed by atoms with Gasteiger partial charge in [-0.3, -0.25) is 0 Å². The van der Waals surface area contributed by atoms with Crippen LogP contribution < -0.4 is 0 Å². The van der Waals surface area contributed by atoms with Gasteiger partial charge < -0.3 is 0 Å². The van der Waals surface area contributed by atoms with Crippen molar-refractivity contribution in [3.63, 3.8) is 0 Å². The van der Waals surface area contributed by atoms with Crippen LogP contribution in [0.2, 0.25) is 0 Å². The Balaban J connectivity index is 2.50. The zero-order valence-corrected chi connectivity index (χ0v) is 12.1. The van der Waals surface area contributed by atoms with Gasteiger partial charge in [-0.2, -0.15) is 8.78 Å². The normalized spacial score (nSPS) is 11.7. The van der Waals surface area contributed by atoms with E-state index < -0.39 is 22.0 Å². The number of benzene rings is 2. The monoisotopic (exact) mass is 346 g/mol. The second kappa shape index (κ2) is 5.56. The van der Waals surface area contributed by atoms with Gasteiger partial charge in [0.25, 0.3) is 0 Å². The average molecular weight is 347 g/mol. The van der Waals surface area contributed by atoms with E-state index in [-0.39, 0.29) is 5.56 Å². The Morgan fingerprint density at radius 3 is 2.05 bits per heavy atom. The van der Waals surface area contributed by atoms with Crippen LogP contribution in [0.5, 0.6) is 0 Å². The van der Waals surface area contributed by atoms with E-state index >= 15 is 0 Å². The summed E-state index contributed by atoms with van der Waals surface area (Å²) >= 11 is 2.03. The highest BCUT2D eigenvalue weighted by Crippen LogP contribution is 2.38. The molecule has 20 heavy (non-hydrogen) atoms. The minimum Gasteiger partial charge on any atom is -0.203 e. The summed E-state index contributed by atoms with van der Waals surface area (Å²) in [4.78, 5) is -3.59. The van der Waals surface area contributed by atoms with Crippen LogP contribution in [0.15, 0.2) is 36.4 Å². The minimum atomic E-state index is -3.59. The lowest BCUT2D eigenvalue weighted by atomic mass is 10.0. The lowest BCUT2D eigenvalue weighted by Gasteiger charge is -2.12. The molecule has 0 aliphatic rings. The van der Waals surface area contributed by atoms with Gasteiger partial charge in [0, 0.05) is 5.56 Å². The van der Waals surface area contributed by atoms with Gasteiger partial charge in [0.2, 0.25) is 0 Å². The molecule has 0 aromatic heterocycles. The van der Waals surface area contributed by atoms with E-state index in [2.05, 4.69) is 0 Å². The molecule has 0 aliphatic heterocycles. The lowest BCUT2D eigenvalue weighted by molar-refractivity contribution is 0.109. The Hall–Kier alpha value is -1.36. The highest BCUT2D eigenvalue weighted by Gasteiger charge is 2.33. The highest BCUT2D eigenvalue weighted by atomic mass is 79.9. The molecule has 0 fully saturated rings. The summed E-state index contributed by atoms with van der Waals surface area (Å²) in [5.41, 5.74) is 0.455. The van der Waals surface area contributed by atoms with Gasteiger partial charge in [-0.1, -0.05) is 37.3 Å². The van der Waals surface area contributed by atoms with Crippen LogP contribution in [-0.4, -0.2) is 0 Å². The quantitative estimate of drug-likeness (QED) is 0.498. The molecule has 2 rings (SSSR count). The first-order valence-corrected chi connectivity index (χ1v) is 6.78. The summed E-state index contributed by atoms with van der Waals surface area (Å²) in [6.45, 7) is 1.97. The van der Waals surface area contributed by atoms with Crippen LogP contribution in [-0.2, 0) is 11.3 Å². The fourth-order valence-electron chi connectivity index (χ4n) is 1.91. The number of hydrogen-bond donors (Lipinski definition) is 0. The van der Waals surface area contributed by atoms with Gasteiger partial charge in [0.15, 0.2) is 11.6 Å². The van der Waals surface area contributed by atoms with Crippen molar-refractivity contribution in [3.05, 3.63) is 59.2 Å². The smallest absolute Gasteiger partial charge is 0.203 e. The molecule has 2 aromatic rings. The molecular formula is C15H11BrF4. The van der Waals surface area contributed by atoms with Crippen molar-refractivity contribution in [2.75, 3.05) is 0 Å². The predicted molar refractivity (Wildman–Crippen MR) is 74.0 cm³/mol. The van der Waals surface area contributed by atoms with E-state index in [4.69, 9.17) is 0 Å². The van der Waals surface area contributed by atoms with Crippen LogP contribution in [0, 0.1) is 11.6 Å². The van der Waals surface area contributed by atoms with Gasteiger partial charge in [0.05, 0.1) is 5.56 Å². The van der Waals surface area contributed by atoms with Gasteiger partial charge in [0.1, 0.15) is 0 Å². The predicted octanol–water partition coefficient (Wildman–Crippen LogP) is 5.64. The third kappa shape index (κ3) is 2.87. The Kier molecular flexibility index (Phi) is 4.18. The van der Waals surface area contributed by atoms with Crippen molar-refractivity contribution < 1.29 is 17.6 Å². The Morgan fingerprint density at radius 1 is 0.950 bits per heavy atom. The second-order valence-electron chi connectivity index (χ2n) is 4.34. The van der Waals surface area contributed by atoms with Crippen LogP contribution in [0.3, 0.4) is 0 Å². The first-order chi connectivity index (χ1) is 9.34. The van der Waals surface area contributed by atoms with Crippen molar-refractivity contribution in [2.24, 2.45) is 0 Å². The summed E-state index contributed by atoms with van der Waals surface area (Å²) in [6, 6.07) is 8.91. The van der Waals surface area contributed by atoms with Crippen LogP contribution in [0.4, 0.5) is 17.6 Å². The largest absolute Gasteiger partial charge is 0.329 e. The maximum Gasteiger partial charge on any atom is 0.329 e. The van der Waals surface area contributed by atoms with E-state index in [9.17, 15) is 17.6 Å². The number of aryl methyl sites for hydroxylation is 1. The maximum absolute atomic E-state index is 13.9. The highest BCUT2D eigenvalue weighted by molar-refractivity contribution is 9.09. The third-order valence-electron chi connectivity index (χ3n) is 3.06. The fourth-order valence-corrected chi connectivity index (χ4v) is 2.22. The molecule has 5 heteroatoms. The SMILES string of the molecule is CCc1ccc(-c2ccc(C(F)(F)Br)c(F)c2F)cc1. The molecule has 0 spiro atoms. The molecule has 0 unspecified atom stereocenters. The van der Waals surface area contributed by atoms with Crippen molar-refractivity contribution >= 4 is 15.9 Å². The van der Waals surface area contributed by atoms with Gasteiger partial charge in [-0.15, -0.1) is 0 Å². The number of hydrogen-bond acceptors (Lipinski definition) is 0. The van der Waals surface area contributed by atoms with Crippen LogP contribution >= 0.6 is 15.9 Å². The van der Waals surface area contributed by atoms with Crippen molar-refractivity contribution in [3.8, 4) is 11.1 Å². The van der Waals surface area contributed by atoms with Gasteiger partial charge >= 0.3 is 4.83 Å². The Bertz CT molecular complexity index is 615. The molecule has 0 saturated heterocycles. The molecule has 0 nitrogen and oxygen atoms in total. The maximum atomic E-state index is 13.9. The second-order valence-corrected chi connectivity index (χ2v) is 5.33. The summed E-state index contributed by atoms with van der Waals surface area (Å²) in [7, 11) is 0. The standard InChI is InChI=1S/C15H11BrF4/c1-2-9-3-5-10(6-4-9)11-7-8-12(15(16,19)20)14(18)13(11)17/h3-8H,2H2,1H3. The number of halogens is 5. The van der Waals surface area contributed by atoms with E-state index in [1.54, 1.807) is 24.3 Å². The number of alkyl halides is 3. The van der Waals surface area contributed by atoms with E-state index in [0.29, 0.717) is 5.56 Å². The molecule has 0 amide bonds. The molecule has 0 bridgehead atoms. The topological polar surface area (TPSA) is 0 Å². The molecule has 0 aliphatic carbocycles. The van der Waals surface area contributed by atoms with Crippen molar-refractivity contribution in [1.29, 1.82) is 0 Å². The molecule has 0 saturated carbocycles. The summed E-state index contributed by atoms with van der Waals surface area (Å²) < 4.78 is 53.7. The molecule has 0 heterocycles. The summed E-state index contributed by atoms with van der Waals surface area (Å²) in [5.74, 6) is -2.81. The molecular weight excluding hydrogens is 336 g/mol. The molecule has 2 aromatic carbocycles. The lowest BCUT2D eigenvalue weighted by Crippen LogP contribution is -2.08. The zero-order valence-electron chi connectivity index (χ0n) is 10.6. The molecule has 0 radical (unpaired) electrons. The van der Waals surface area contributed by atoms with Crippen LogP contribution in [0.1, 0.15) is 18.1 Å². The first-order valence-electron chi connectivity index (χ1n) is 5.99. The van der Waals surface area contributed by atoms with Crippen molar-refractivity contribution in [1.82, 2.24) is 0 Å². The minimum absolute atomic E-state index is 0.0364. The Labute approximate surface area is 122 Å². The van der Waals surface area contributed by atoms with E-state index in [0.717, 1.165) is 24.1 Å². The zero-order chi connectivity index (χ0) is 14.9. The van der Waals surface area contributed by atoms with Crippen LogP contribution in [0.25, 0.3) is 11.1 Å². The van der Waals surface area contributed by atoms with E-state index in [1.165, 1.54) is 0 Å². The average Bonchev–Trinajstić information content (AvgIpc) is 2.40. The first kappa shape index (κ1) is 15.0. The number of rotatable bonds is 3. The summed E-state index contributed by atoms with van der Waals surface area (Å²) in [6.07, 6.45) is 0.825. The molecule has 0 atom stereocenters. The molecule has 0 N–H and O–H groups in total. The van der Waals surface area contributed by atoms with E-state index in [1.807, 2.05) is 22.9 Å². The van der Waals surface area contributed by atoms with Gasteiger partial charge in [-0.05, 0) is 39.5 Å². The molecule has 106 valence electrons. The fraction of sp³-hybridized carbons (Fsp3) is 0.200.